The Hall–Kier alpha value is -1.21. The van der Waals surface area contributed by atoms with Crippen LogP contribution in [0.4, 0.5) is 0 Å². The molecule has 0 saturated carbocycles. The molecule has 3 rings (SSSR count). The van der Waals surface area contributed by atoms with Crippen LogP contribution < -0.4 is 0 Å². The van der Waals surface area contributed by atoms with Gasteiger partial charge in [-0.1, -0.05) is 13.8 Å². The molecule has 3 aromatic rings. The summed E-state index contributed by atoms with van der Waals surface area (Å²) in [5.41, 5.74) is 5.57. The quantitative estimate of drug-likeness (QED) is 0.541. The summed E-state index contributed by atoms with van der Waals surface area (Å²) >= 11 is 6.70. The van der Waals surface area contributed by atoms with Crippen LogP contribution in [0.15, 0.2) is 20.0 Å². The van der Waals surface area contributed by atoms with Gasteiger partial charge in [0.15, 0.2) is 10.3 Å². The zero-order valence-electron chi connectivity index (χ0n) is 13.5. The van der Waals surface area contributed by atoms with Gasteiger partial charge >= 0.3 is 0 Å². The summed E-state index contributed by atoms with van der Waals surface area (Å²) in [5.74, 6) is 0.473. The van der Waals surface area contributed by atoms with Crippen molar-refractivity contribution in [2.75, 3.05) is 0 Å². The SMILES string of the molecule is CCC(CC)c1cc(C)nn2c(-c3nc(Br)oc3Br)c(C)nc12. The normalized spacial score (nSPS) is 11.8. The maximum atomic E-state index is 5.45. The first kappa shape index (κ1) is 16.6. The summed E-state index contributed by atoms with van der Waals surface area (Å²) in [7, 11) is 0. The number of imidazole rings is 1. The molecule has 3 aromatic heterocycles. The maximum Gasteiger partial charge on any atom is 0.265 e. The average molecular weight is 442 g/mol. The van der Waals surface area contributed by atoms with Crippen molar-refractivity contribution in [1.29, 1.82) is 0 Å². The fourth-order valence-electron chi connectivity index (χ4n) is 3.00. The van der Waals surface area contributed by atoms with E-state index in [-0.39, 0.29) is 0 Å². The molecule has 0 radical (unpaired) electrons. The highest BCUT2D eigenvalue weighted by Gasteiger charge is 2.23. The number of aryl methyl sites for hydroxylation is 2. The highest BCUT2D eigenvalue weighted by molar-refractivity contribution is 9.11. The van der Waals surface area contributed by atoms with E-state index in [0.29, 0.717) is 21.1 Å². The van der Waals surface area contributed by atoms with Crippen LogP contribution in [0.3, 0.4) is 0 Å². The second kappa shape index (κ2) is 6.36. The van der Waals surface area contributed by atoms with E-state index in [1.54, 1.807) is 0 Å². The second-order valence-corrected chi connectivity index (χ2v) is 7.02. The number of fused-ring (bicyclic) bond motifs is 1. The van der Waals surface area contributed by atoms with Crippen LogP contribution in [0.5, 0.6) is 0 Å². The van der Waals surface area contributed by atoms with E-state index < -0.39 is 0 Å². The highest BCUT2D eigenvalue weighted by Crippen LogP contribution is 2.35. The topological polar surface area (TPSA) is 56.2 Å². The first-order valence-corrected chi connectivity index (χ1v) is 9.23. The van der Waals surface area contributed by atoms with Crippen LogP contribution in [-0.2, 0) is 0 Å². The van der Waals surface area contributed by atoms with Crippen molar-refractivity contribution in [1.82, 2.24) is 19.6 Å². The van der Waals surface area contributed by atoms with Crippen LogP contribution in [0, 0.1) is 13.8 Å². The zero-order valence-corrected chi connectivity index (χ0v) is 16.7. The molecule has 0 amide bonds. The number of nitrogens with zero attached hydrogens (tertiary/aromatic N) is 4. The molecule has 0 fully saturated rings. The van der Waals surface area contributed by atoms with Crippen LogP contribution in [-0.4, -0.2) is 19.6 Å². The smallest absolute Gasteiger partial charge is 0.265 e. The van der Waals surface area contributed by atoms with Crippen LogP contribution >= 0.6 is 31.9 Å². The Morgan fingerprint density at radius 1 is 1.17 bits per heavy atom. The van der Waals surface area contributed by atoms with Crippen molar-refractivity contribution in [3.63, 3.8) is 0 Å². The summed E-state index contributed by atoms with van der Waals surface area (Å²) in [5, 5.41) is 4.67. The van der Waals surface area contributed by atoms with E-state index in [1.807, 2.05) is 18.4 Å². The zero-order chi connectivity index (χ0) is 16.7. The van der Waals surface area contributed by atoms with Gasteiger partial charge in [-0.25, -0.2) is 14.5 Å². The van der Waals surface area contributed by atoms with E-state index in [2.05, 4.69) is 61.9 Å². The summed E-state index contributed by atoms with van der Waals surface area (Å²) in [6, 6.07) is 2.15. The summed E-state index contributed by atoms with van der Waals surface area (Å²) in [4.78, 5) is 9.62. The van der Waals surface area contributed by atoms with E-state index >= 15 is 0 Å². The molecule has 0 N–H and O–H groups in total. The Labute approximate surface area is 151 Å². The largest absolute Gasteiger partial charge is 0.423 e. The molecule has 0 aliphatic rings. The van der Waals surface area contributed by atoms with Gasteiger partial charge in [-0.15, -0.1) is 0 Å². The van der Waals surface area contributed by atoms with Crippen molar-refractivity contribution in [2.45, 2.75) is 46.5 Å². The molecule has 3 heterocycles. The van der Waals surface area contributed by atoms with Gasteiger partial charge in [-0.2, -0.15) is 5.10 Å². The lowest BCUT2D eigenvalue weighted by atomic mass is 9.95. The third kappa shape index (κ3) is 2.85. The standard InChI is InChI=1S/C16H18Br2N4O/c1-5-10(6-2)11-7-8(3)21-22-13(9(4)19-15(11)22)12-14(17)23-16(18)20-12/h7,10H,5-6H2,1-4H3. The lowest BCUT2D eigenvalue weighted by molar-refractivity contribution is 0.506. The van der Waals surface area contributed by atoms with Crippen molar-refractivity contribution in [3.05, 3.63) is 32.5 Å². The summed E-state index contributed by atoms with van der Waals surface area (Å²) in [6.07, 6.45) is 2.16. The van der Waals surface area contributed by atoms with Gasteiger partial charge in [0, 0.05) is 21.5 Å². The minimum Gasteiger partial charge on any atom is -0.423 e. The predicted molar refractivity (Wildman–Crippen MR) is 96.7 cm³/mol. The van der Waals surface area contributed by atoms with Crippen molar-refractivity contribution >= 4 is 37.5 Å². The van der Waals surface area contributed by atoms with Crippen molar-refractivity contribution in [2.24, 2.45) is 0 Å². The molecule has 5 nitrogen and oxygen atoms in total. The van der Waals surface area contributed by atoms with Crippen molar-refractivity contribution in [3.8, 4) is 11.4 Å². The highest BCUT2D eigenvalue weighted by atomic mass is 79.9. The van der Waals surface area contributed by atoms with Gasteiger partial charge in [-0.3, -0.25) is 0 Å². The van der Waals surface area contributed by atoms with Crippen LogP contribution in [0.25, 0.3) is 17.0 Å². The second-order valence-electron chi connectivity index (χ2n) is 5.62. The minimum absolute atomic E-state index is 0.432. The molecule has 7 heteroatoms. The molecule has 0 spiro atoms. The van der Waals surface area contributed by atoms with E-state index in [1.165, 1.54) is 5.56 Å². The Kier molecular flexibility index (Phi) is 4.60. The third-order valence-electron chi connectivity index (χ3n) is 4.12. The van der Waals surface area contributed by atoms with Gasteiger partial charge in [0.1, 0.15) is 11.4 Å². The van der Waals surface area contributed by atoms with Crippen LogP contribution in [0.1, 0.15) is 49.6 Å². The molecule has 122 valence electrons. The Bertz CT molecular complexity index is 865. The maximum absolute atomic E-state index is 5.45. The Morgan fingerprint density at radius 3 is 2.43 bits per heavy atom. The number of aromatic nitrogens is 4. The van der Waals surface area contributed by atoms with Gasteiger partial charge in [0.25, 0.3) is 4.80 Å². The molecule has 0 saturated heterocycles. The van der Waals surface area contributed by atoms with Gasteiger partial charge in [0.2, 0.25) is 0 Å². The van der Waals surface area contributed by atoms with Gasteiger partial charge in [0.05, 0.1) is 11.4 Å². The Balaban J connectivity index is 2.33. The minimum atomic E-state index is 0.432. The number of hydrogen-bond donors (Lipinski definition) is 0. The molecule has 0 unspecified atom stereocenters. The molecule has 0 atom stereocenters. The molecule has 0 bridgehead atoms. The fourth-order valence-corrected chi connectivity index (χ4v) is 3.99. The summed E-state index contributed by atoms with van der Waals surface area (Å²) < 4.78 is 7.91. The lowest BCUT2D eigenvalue weighted by Gasteiger charge is -2.14. The first-order valence-electron chi connectivity index (χ1n) is 7.65. The number of hydrogen-bond acceptors (Lipinski definition) is 4. The van der Waals surface area contributed by atoms with Gasteiger partial charge in [-0.05, 0) is 54.6 Å². The molecule has 0 aliphatic carbocycles. The summed E-state index contributed by atoms with van der Waals surface area (Å²) in [6.45, 7) is 8.41. The van der Waals surface area contributed by atoms with Crippen molar-refractivity contribution < 1.29 is 4.42 Å². The number of rotatable bonds is 4. The number of halogens is 2. The number of oxazole rings is 1. The monoisotopic (exact) mass is 440 g/mol. The molecule has 23 heavy (non-hydrogen) atoms. The first-order chi connectivity index (χ1) is 11.0. The van der Waals surface area contributed by atoms with E-state index in [9.17, 15) is 0 Å². The van der Waals surface area contributed by atoms with E-state index in [0.717, 1.165) is 35.6 Å². The fraction of sp³-hybridized carbons (Fsp3) is 0.438. The molecular weight excluding hydrogens is 424 g/mol. The molecule has 0 aliphatic heterocycles. The van der Waals surface area contributed by atoms with Gasteiger partial charge < -0.3 is 4.42 Å². The molecule has 0 aromatic carbocycles. The Morgan fingerprint density at radius 2 is 1.87 bits per heavy atom. The van der Waals surface area contributed by atoms with Crippen LogP contribution in [0.2, 0.25) is 0 Å². The predicted octanol–water partition coefficient (Wildman–Crippen LogP) is 5.43. The van der Waals surface area contributed by atoms with E-state index in [4.69, 9.17) is 9.40 Å². The molecular formula is C16H18Br2N4O. The lowest BCUT2D eigenvalue weighted by Crippen LogP contribution is -2.05. The third-order valence-corrected chi connectivity index (χ3v) is 5.00. The average Bonchev–Trinajstić information content (AvgIpc) is 2.98.